The smallest absolute Gasteiger partial charge is 0.408 e. The summed E-state index contributed by atoms with van der Waals surface area (Å²) in [4.78, 5) is 32.0. The van der Waals surface area contributed by atoms with Gasteiger partial charge in [-0.25, -0.2) is 9.78 Å². The molecule has 0 saturated carbocycles. The van der Waals surface area contributed by atoms with Crippen LogP contribution in [-0.4, -0.2) is 50.2 Å². The van der Waals surface area contributed by atoms with Gasteiger partial charge in [0.25, 0.3) is 0 Å². The van der Waals surface area contributed by atoms with Gasteiger partial charge in [-0.3, -0.25) is 9.69 Å². The zero-order valence-electron chi connectivity index (χ0n) is 17.4. The van der Waals surface area contributed by atoms with Crippen molar-refractivity contribution < 1.29 is 14.7 Å². The van der Waals surface area contributed by atoms with Crippen LogP contribution < -0.4 is 10.6 Å². The summed E-state index contributed by atoms with van der Waals surface area (Å²) in [5.74, 6) is -0.0522. The molecule has 1 aliphatic rings. The quantitative estimate of drug-likeness (QED) is 0.804. The molecule has 1 aromatic carbocycles. The van der Waals surface area contributed by atoms with Crippen molar-refractivity contribution in [2.75, 3.05) is 11.4 Å². The summed E-state index contributed by atoms with van der Waals surface area (Å²) >= 11 is 0. The number of aromatic nitrogens is 2. The zero-order chi connectivity index (χ0) is 21.3. The second kappa shape index (κ2) is 8.24. The first-order chi connectivity index (χ1) is 13.7. The largest absolute Gasteiger partial charge is 0.465 e. The average Bonchev–Trinajstić information content (AvgIpc) is 3.09. The highest BCUT2D eigenvalue weighted by atomic mass is 16.4. The van der Waals surface area contributed by atoms with Crippen LogP contribution in [0.2, 0.25) is 0 Å². The predicted octanol–water partition coefficient (Wildman–Crippen LogP) is 3.08. The topological polar surface area (TPSA) is 105 Å². The van der Waals surface area contributed by atoms with E-state index in [0.717, 1.165) is 22.5 Å². The van der Waals surface area contributed by atoms with Crippen LogP contribution in [0, 0.1) is 0 Å². The zero-order valence-corrected chi connectivity index (χ0v) is 17.4. The van der Waals surface area contributed by atoms with Crippen molar-refractivity contribution in [2.24, 2.45) is 5.73 Å². The van der Waals surface area contributed by atoms with Crippen molar-refractivity contribution in [1.29, 1.82) is 0 Å². The minimum absolute atomic E-state index is 0.0522. The van der Waals surface area contributed by atoms with Gasteiger partial charge in [-0.1, -0.05) is 6.07 Å². The highest BCUT2D eigenvalue weighted by Gasteiger charge is 2.38. The Labute approximate surface area is 170 Å². The lowest BCUT2D eigenvalue weighted by Crippen LogP contribution is -2.48. The number of carbonyl (C=O) groups excluding carboxylic acids is 1. The van der Waals surface area contributed by atoms with Gasteiger partial charge in [0.1, 0.15) is 0 Å². The summed E-state index contributed by atoms with van der Waals surface area (Å²) in [6, 6.07) is 5.18. The lowest BCUT2D eigenvalue weighted by atomic mass is 9.88. The van der Waals surface area contributed by atoms with E-state index in [1.54, 1.807) is 18.2 Å². The van der Waals surface area contributed by atoms with Crippen molar-refractivity contribution in [3.63, 3.8) is 0 Å². The molecule has 8 nitrogen and oxygen atoms in total. The number of carboxylic acid groups (broad SMARTS) is 1. The van der Waals surface area contributed by atoms with Crippen LogP contribution in [0.3, 0.4) is 0 Å². The van der Waals surface area contributed by atoms with Crippen LogP contribution in [0.25, 0.3) is 11.3 Å². The first-order valence-electron chi connectivity index (χ1n) is 9.91. The second-order valence-corrected chi connectivity index (χ2v) is 7.83. The van der Waals surface area contributed by atoms with Gasteiger partial charge in [0.15, 0.2) is 0 Å². The van der Waals surface area contributed by atoms with E-state index in [0.29, 0.717) is 19.5 Å². The summed E-state index contributed by atoms with van der Waals surface area (Å²) in [5, 5.41) is 9.85. The molecule has 3 N–H and O–H groups in total. The molecule has 2 aromatic rings. The molecule has 3 rings (SSSR count). The average molecular weight is 399 g/mol. The van der Waals surface area contributed by atoms with Crippen LogP contribution in [-0.2, 0) is 11.3 Å². The van der Waals surface area contributed by atoms with E-state index >= 15 is 0 Å². The minimum Gasteiger partial charge on any atom is -0.465 e. The number of anilines is 1. The number of fused-ring (bicyclic) bond motifs is 1. The fourth-order valence-electron chi connectivity index (χ4n) is 4.23. The molecule has 2 amide bonds. The fourth-order valence-corrected chi connectivity index (χ4v) is 4.23. The summed E-state index contributed by atoms with van der Waals surface area (Å²) < 4.78 is 1.92. The van der Waals surface area contributed by atoms with Gasteiger partial charge >= 0.3 is 6.09 Å². The second-order valence-electron chi connectivity index (χ2n) is 7.83. The molecule has 2 atom stereocenters. The molecule has 156 valence electrons. The number of nitrogens with zero attached hydrogens (tertiary/aromatic N) is 4. The van der Waals surface area contributed by atoms with Crippen LogP contribution in [0.4, 0.5) is 10.5 Å². The van der Waals surface area contributed by atoms with Gasteiger partial charge in [-0.15, -0.1) is 0 Å². The molecule has 2 heterocycles. The maximum absolute atomic E-state index is 12.3. The van der Waals surface area contributed by atoms with E-state index < -0.39 is 6.09 Å². The molecule has 1 aliphatic heterocycles. The van der Waals surface area contributed by atoms with E-state index in [-0.39, 0.29) is 24.0 Å². The van der Waals surface area contributed by atoms with Crippen LogP contribution in [0.1, 0.15) is 45.7 Å². The summed E-state index contributed by atoms with van der Waals surface area (Å²) in [5.41, 5.74) is 8.89. The Balaban J connectivity index is 2.12. The third-order valence-electron chi connectivity index (χ3n) is 5.42. The monoisotopic (exact) mass is 399 g/mol. The van der Waals surface area contributed by atoms with E-state index in [9.17, 15) is 14.7 Å². The fraction of sp³-hybridized carbons (Fsp3) is 0.476. The Hall–Kier alpha value is -2.87. The molecule has 8 heteroatoms. The lowest BCUT2D eigenvalue weighted by Gasteiger charge is -2.43. The van der Waals surface area contributed by atoms with Gasteiger partial charge < -0.3 is 20.3 Å². The van der Waals surface area contributed by atoms with Crippen LogP contribution >= 0.6 is 0 Å². The third kappa shape index (κ3) is 3.98. The molecule has 0 aliphatic carbocycles. The number of imidazole rings is 1. The molecule has 0 unspecified atom stereocenters. The summed E-state index contributed by atoms with van der Waals surface area (Å²) in [6.45, 7) is 8.44. The first kappa shape index (κ1) is 20.9. The number of rotatable bonds is 5. The Morgan fingerprint density at radius 1 is 1.38 bits per heavy atom. The van der Waals surface area contributed by atoms with Gasteiger partial charge in [-0.2, -0.15) is 0 Å². The van der Waals surface area contributed by atoms with Gasteiger partial charge in [0.05, 0.1) is 18.1 Å². The summed E-state index contributed by atoms with van der Waals surface area (Å²) in [6.07, 6.45) is 3.25. The normalized spacial score (nSPS) is 18.6. The number of hydrogen-bond donors (Lipinski definition) is 2. The van der Waals surface area contributed by atoms with Gasteiger partial charge in [0.2, 0.25) is 5.91 Å². The van der Waals surface area contributed by atoms with E-state index in [1.165, 1.54) is 4.90 Å². The third-order valence-corrected chi connectivity index (χ3v) is 5.42. The number of carbonyl (C=O) groups is 2. The van der Waals surface area contributed by atoms with E-state index in [2.05, 4.69) is 4.98 Å². The Morgan fingerprint density at radius 2 is 2.10 bits per heavy atom. The Bertz CT molecular complexity index is 907. The van der Waals surface area contributed by atoms with Crippen molar-refractivity contribution in [3.8, 4) is 11.3 Å². The van der Waals surface area contributed by atoms with E-state index in [4.69, 9.17) is 5.73 Å². The van der Waals surface area contributed by atoms with Gasteiger partial charge in [-0.05, 0) is 44.9 Å². The maximum Gasteiger partial charge on any atom is 0.408 e. The highest BCUT2D eigenvalue weighted by Crippen LogP contribution is 2.42. The number of hydrogen-bond acceptors (Lipinski definition) is 4. The molecule has 0 saturated heterocycles. The maximum atomic E-state index is 12.3. The first-order valence-corrected chi connectivity index (χ1v) is 9.91. The van der Waals surface area contributed by atoms with Crippen LogP contribution in [0.5, 0.6) is 0 Å². The molecule has 1 aromatic heterocycles. The van der Waals surface area contributed by atoms with Crippen LogP contribution in [0.15, 0.2) is 30.7 Å². The highest BCUT2D eigenvalue weighted by molar-refractivity contribution is 5.94. The summed E-state index contributed by atoms with van der Waals surface area (Å²) in [7, 11) is 0. The predicted molar refractivity (Wildman–Crippen MR) is 112 cm³/mol. The molecule has 0 bridgehead atoms. The molecule has 0 radical (unpaired) electrons. The minimum atomic E-state index is -0.961. The lowest BCUT2D eigenvalue weighted by molar-refractivity contribution is -0.117. The van der Waals surface area contributed by atoms with Gasteiger partial charge in [0, 0.05) is 49.5 Å². The number of benzene rings is 1. The Morgan fingerprint density at radius 3 is 2.69 bits per heavy atom. The standard InChI is InChI=1S/C21H29N5O3/c1-13(2)25(21(28)29)20-9-14(3)26(15(4)27)19-6-5-16(10-17(19)20)18-11-24(8-7-22)12-23-18/h5-6,10-14,20H,7-9,22H2,1-4H3,(H,28,29)/t14-,20+/m0/s1. The molecular formula is C21H29N5O3. The molecule has 29 heavy (non-hydrogen) atoms. The number of amides is 2. The molecular weight excluding hydrogens is 370 g/mol. The van der Waals surface area contributed by atoms with Crippen molar-refractivity contribution in [1.82, 2.24) is 14.5 Å². The Kier molecular flexibility index (Phi) is 5.93. The van der Waals surface area contributed by atoms with Crippen molar-refractivity contribution >= 4 is 17.7 Å². The SMILES string of the molecule is CC(=O)N1c2ccc(-c3cn(CCN)cn3)cc2[C@H](N(C(=O)O)C(C)C)C[C@@H]1C. The van der Waals surface area contributed by atoms with Crippen molar-refractivity contribution in [2.45, 2.75) is 58.8 Å². The molecule has 0 fully saturated rings. The molecule has 0 spiro atoms. The van der Waals surface area contributed by atoms with Crippen molar-refractivity contribution in [3.05, 3.63) is 36.3 Å². The van der Waals surface area contributed by atoms with E-state index in [1.807, 2.05) is 49.7 Å². The number of nitrogens with two attached hydrogens (primary N) is 1.